The third-order valence-corrected chi connectivity index (χ3v) is 13.8. The number of hydrogen-bond donors (Lipinski definition) is 0. The molecule has 6 heteroatoms. The van der Waals surface area contributed by atoms with Crippen LogP contribution in [0.5, 0.6) is 0 Å². The van der Waals surface area contributed by atoms with Gasteiger partial charge in [-0.3, -0.25) is 14.4 Å². The van der Waals surface area contributed by atoms with Crippen molar-refractivity contribution in [2.75, 3.05) is 13.2 Å². The molecule has 0 bridgehead atoms. The van der Waals surface area contributed by atoms with Crippen LogP contribution < -0.4 is 0 Å². The molecule has 0 aliphatic rings. The lowest BCUT2D eigenvalue weighted by molar-refractivity contribution is -0.167. The van der Waals surface area contributed by atoms with Crippen LogP contribution in [0.3, 0.4) is 0 Å². The first-order chi connectivity index (χ1) is 37.5. The van der Waals surface area contributed by atoms with Crippen LogP contribution in [0, 0.1) is 0 Å². The van der Waals surface area contributed by atoms with Crippen LogP contribution in [0.4, 0.5) is 0 Å². The summed E-state index contributed by atoms with van der Waals surface area (Å²) < 4.78 is 16.9. The van der Waals surface area contributed by atoms with Crippen molar-refractivity contribution >= 4 is 17.9 Å². The maximum absolute atomic E-state index is 12.9. The van der Waals surface area contributed by atoms with Crippen molar-refractivity contribution in [3.05, 3.63) is 97.2 Å². The van der Waals surface area contributed by atoms with Gasteiger partial charge in [-0.05, 0) is 103 Å². The van der Waals surface area contributed by atoms with E-state index in [0.29, 0.717) is 19.3 Å². The van der Waals surface area contributed by atoms with Gasteiger partial charge in [0.1, 0.15) is 13.2 Å². The van der Waals surface area contributed by atoms with Crippen LogP contribution in [0.1, 0.15) is 310 Å². The Labute approximate surface area is 470 Å². The molecule has 0 spiro atoms. The van der Waals surface area contributed by atoms with Crippen molar-refractivity contribution in [3.8, 4) is 0 Å². The molecule has 436 valence electrons. The van der Waals surface area contributed by atoms with E-state index in [1.54, 1.807) is 0 Å². The van der Waals surface area contributed by atoms with Crippen molar-refractivity contribution in [2.45, 2.75) is 316 Å². The standard InChI is InChI=1S/C70H120O6/c1-4-7-10-13-16-19-22-25-28-31-33-35-37-39-42-45-48-51-54-57-60-63-69(72)75-66-67(65-74-68(71)62-59-56-53-50-47-44-41-38-30-27-24-21-18-15-12-9-6-3)76-70(73)64-61-58-55-52-49-46-43-40-36-34-32-29-26-23-20-17-14-11-8-5-2/h7,10,16,18-19,21,25,27-28,30,33,35,39,42,48,51,67H,4-6,8-9,11-15,17,20,22-24,26,29,31-32,34,36-38,40-41,43-47,49-50,52-66H2,1-3H3/b10-7-,19-16-,21-18-,28-25-,30-27-,35-33-,42-39-,51-48-. The molecule has 76 heavy (non-hydrogen) atoms. The molecule has 0 amide bonds. The normalized spacial score (nSPS) is 12.7. The van der Waals surface area contributed by atoms with E-state index in [0.717, 1.165) is 109 Å². The lowest BCUT2D eigenvalue weighted by Gasteiger charge is -2.18. The number of rotatable bonds is 58. The molecule has 0 aromatic carbocycles. The SMILES string of the molecule is CC/C=C\C/C=C\C/C=C\C/C=C\C/C=C\C/C=C\CCCCC(=O)OCC(COC(=O)CCCCCCCCC/C=C\C/C=C\CCCCC)OC(=O)CCCCCCCCCCCCCCCCCCCCCC. The minimum absolute atomic E-state index is 0.0938. The highest BCUT2D eigenvalue weighted by atomic mass is 16.6. The van der Waals surface area contributed by atoms with E-state index < -0.39 is 6.10 Å². The van der Waals surface area contributed by atoms with Crippen molar-refractivity contribution in [3.63, 3.8) is 0 Å². The van der Waals surface area contributed by atoms with E-state index in [1.807, 2.05) is 0 Å². The van der Waals surface area contributed by atoms with Crippen LogP contribution in [0.2, 0.25) is 0 Å². The van der Waals surface area contributed by atoms with Gasteiger partial charge in [-0.25, -0.2) is 0 Å². The molecule has 0 saturated carbocycles. The molecule has 0 rings (SSSR count). The summed E-state index contributed by atoms with van der Waals surface area (Å²) in [6.45, 7) is 6.49. The van der Waals surface area contributed by atoms with Gasteiger partial charge in [0.25, 0.3) is 0 Å². The highest BCUT2D eigenvalue weighted by molar-refractivity contribution is 5.71. The first-order valence-electron chi connectivity index (χ1n) is 32.2. The number of esters is 3. The highest BCUT2D eigenvalue weighted by Gasteiger charge is 2.19. The van der Waals surface area contributed by atoms with Crippen molar-refractivity contribution in [2.24, 2.45) is 0 Å². The first-order valence-corrected chi connectivity index (χ1v) is 32.2. The molecule has 0 aliphatic heterocycles. The fourth-order valence-corrected chi connectivity index (χ4v) is 9.01. The Morgan fingerprint density at radius 3 is 0.855 bits per heavy atom. The number of unbranched alkanes of at least 4 members (excludes halogenated alkanes) is 31. The predicted molar refractivity (Wildman–Crippen MR) is 330 cm³/mol. The zero-order valence-corrected chi connectivity index (χ0v) is 50.0. The molecular weight excluding hydrogens is 937 g/mol. The maximum Gasteiger partial charge on any atom is 0.306 e. The third-order valence-electron chi connectivity index (χ3n) is 13.8. The Morgan fingerprint density at radius 2 is 0.513 bits per heavy atom. The summed E-state index contributed by atoms with van der Waals surface area (Å²) in [5.74, 6) is -0.933. The topological polar surface area (TPSA) is 78.9 Å². The van der Waals surface area contributed by atoms with Gasteiger partial charge in [-0.2, -0.15) is 0 Å². The smallest absolute Gasteiger partial charge is 0.306 e. The zero-order valence-electron chi connectivity index (χ0n) is 50.0. The Bertz CT molecular complexity index is 1490. The number of carbonyl (C=O) groups excluding carboxylic acids is 3. The molecule has 0 saturated heterocycles. The summed E-state index contributed by atoms with van der Waals surface area (Å²) >= 11 is 0. The zero-order chi connectivity index (χ0) is 55.0. The van der Waals surface area contributed by atoms with E-state index in [-0.39, 0.29) is 31.1 Å². The molecule has 0 fully saturated rings. The fourth-order valence-electron chi connectivity index (χ4n) is 9.01. The van der Waals surface area contributed by atoms with Crippen molar-refractivity contribution < 1.29 is 28.6 Å². The summed E-state index contributed by atoms with van der Waals surface area (Å²) in [4.78, 5) is 38.3. The van der Waals surface area contributed by atoms with Gasteiger partial charge in [-0.15, -0.1) is 0 Å². The fraction of sp³-hybridized carbons (Fsp3) is 0.729. The van der Waals surface area contributed by atoms with Gasteiger partial charge in [-0.1, -0.05) is 285 Å². The van der Waals surface area contributed by atoms with E-state index in [4.69, 9.17) is 14.2 Å². The Kier molecular flexibility index (Phi) is 60.8. The molecule has 1 unspecified atom stereocenters. The molecule has 0 aliphatic carbocycles. The lowest BCUT2D eigenvalue weighted by Crippen LogP contribution is -2.30. The minimum Gasteiger partial charge on any atom is -0.462 e. The molecular formula is C70H120O6. The molecule has 0 radical (unpaired) electrons. The molecule has 0 aromatic heterocycles. The van der Waals surface area contributed by atoms with E-state index >= 15 is 0 Å². The van der Waals surface area contributed by atoms with Crippen LogP contribution >= 0.6 is 0 Å². The van der Waals surface area contributed by atoms with Crippen LogP contribution in [0.25, 0.3) is 0 Å². The Hall–Kier alpha value is -3.67. The second-order valence-electron chi connectivity index (χ2n) is 21.3. The summed E-state index contributed by atoms with van der Waals surface area (Å²) in [5.41, 5.74) is 0. The number of ether oxygens (including phenoxy) is 3. The highest BCUT2D eigenvalue weighted by Crippen LogP contribution is 2.17. The quantitative estimate of drug-likeness (QED) is 0.0261. The second-order valence-corrected chi connectivity index (χ2v) is 21.3. The van der Waals surface area contributed by atoms with Crippen molar-refractivity contribution in [1.29, 1.82) is 0 Å². The predicted octanol–water partition coefficient (Wildman–Crippen LogP) is 22.0. The van der Waals surface area contributed by atoms with Gasteiger partial charge >= 0.3 is 17.9 Å². The van der Waals surface area contributed by atoms with E-state index in [1.165, 1.54) is 161 Å². The van der Waals surface area contributed by atoms with Gasteiger partial charge in [0.2, 0.25) is 0 Å². The minimum atomic E-state index is -0.800. The van der Waals surface area contributed by atoms with Crippen molar-refractivity contribution in [1.82, 2.24) is 0 Å². The summed E-state index contributed by atoms with van der Waals surface area (Å²) in [5, 5.41) is 0. The van der Waals surface area contributed by atoms with E-state index in [9.17, 15) is 14.4 Å². The van der Waals surface area contributed by atoms with Crippen LogP contribution in [-0.4, -0.2) is 37.2 Å². The largest absolute Gasteiger partial charge is 0.462 e. The van der Waals surface area contributed by atoms with Crippen LogP contribution in [0.15, 0.2) is 97.2 Å². The molecule has 1 atom stereocenters. The monoisotopic (exact) mass is 1060 g/mol. The summed E-state index contributed by atoms with van der Waals surface area (Å²) in [6.07, 6.45) is 85.5. The first kappa shape index (κ1) is 72.3. The third kappa shape index (κ3) is 61.2. The second kappa shape index (κ2) is 63.9. The summed E-state index contributed by atoms with van der Waals surface area (Å²) in [7, 11) is 0. The Balaban J connectivity index is 4.45. The van der Waals surface area contributed by atoms with Gasteiger partial charge < -0.3 is 14.2 Å². The van der Waals surface area contributed by atoms with Gasteiger partial charge in [0.15, 0.2) is 6.10 Å². The average molecular weight is 1060 g/mol. The Morgan fingerprint density at radius 1 is 0.276 bits per heavy atom. The van der Waals surface area contributed by atoms with E-state index in [2.05, 4.69) is 118 Å². The van der Waals surface area contributed by atoms with Crippen LogP contribution in [-0.2, 0) is 28.6 Å². The number of allylic oxidation sites excluding steroid dienone is 16. The van der Waals surface area contributed by atoms with Gasteiger partial charge in [0.05, 0.1) is 0 Å². The number of hydrogen-bond acceptors (Lipinski definition) is 6. The van der Waals surface area contributed by atoms with Gasteiger partial charge in [0, 0.05) is 19.3 Å². The molecule has 0 N–H and O–H groups in total. The average Bonchev–Trinajstić information content (AvgIpc) is 3.42. The summed E-state index contributed by atoms with van der Waals surface area (Å²) in [6, 6.07) is 0. The maximum atomic E-state index is 12.9. The molecule has 0 aromatic rings. The number of carbonyl (C=O) groups is 3. The lowest BCUT2D eigenvalue weighted by atomic mass is 10.0. The molecule has 6 nitrogen and oxygen atoms in total. The molecule has 0 heterocycles.